The summed E-state index contributed by atoms with van der Waals surface area (Å²) in [5.41, 5.74) is 3.38. The number of aromatic nitrogens is 5. The molecule has 1 saturated carbocycles. The SMILES string of the molecule is COCc1cc2c(Nc3cc(C4CC(OC(=O)NC5(C)CC5)CO4)nn3COC(=O)CC(C)(C)c3c(C)cc(C)cc3OP(O)O)nccn2n1. The van der Waals surface area contributed by atoms with E-state index >= 15 is 0 Å². The average molecular weight is 726 g/mol. The van der Waals surface area contributed by atoms with E-state index < -0.39 is 38.3 Å². The molecule has 1 aromatic carbocycles. The van der Waals surface area contributed by atoms with Crippen LogP contribution in [-0.4, -0.2) is 71.6 Å². The minimum Gasteiger partial charge on any atom is -0.444 e. The normalized spacial score (nSPS) is 18.2. The first kappa shape index (κ1) is 36.5. The monoisotopic (exact) mass is 725 g/mol. The van der Waals surface area contributed by atoms with Crippen LogP contribution in [0.1, 0.15) is 80.6 Å². The van der Waals surface area contributed by atoms with Crippen LogP contribution in [0, 0.1) is 13.8 Å². The number of aryl methyl sites for hydroxylation is 2. The number of ether oxygens (including phenoxy) is 4. The van der Waals surface area contributed by atoms with Crippen molar-refractivity contribution >= 4 is 37.8 Å². The number of methoxy groups -OCH3 is 1. The highest BCUT2D eigenvalue weighted by molar-refractivity contribution is 7.39. The van der Waals surface area contributed by atoms with Crippen LogP contribution in [0.2, 0.25) is 0 Å². The molecule has 2 unspecified atom stereocenters. The van der Waals surface area contributed by atoms with E-state index in [9.17, 15) is 19.4 Å². The van der Waals surface area contributed by atoms with Crippen molar-refractivity contribution in [3.63, 3.8) is 0 Å². The van der Waals surface area contributed by atoms with Crippen LogP contribution in [-0.2, 0) is 42.5 Å². The lowest BCUT2D eigenvalue weighted by Crippen LogP contribution is -2.37. The average Bonchev–Trinajstić information content (AvgIpc) is 3.38. The molecule has 1 aliphatic heterocycles. The summed E-state index contributed by atoms with van der Waals surface area (Å²) in [6.07, 6.45) is 4.15. The molecule has 2 aliphatic rings. The van der Waals surface area contributed by atoms with Crippen molar-refractivity contribution in [1.29, 1.82) is 0 Å². The quantitative estimate of drug-likeness (QED) is 0.100. The minimum atomic E-state index is -2.66. The third-order valence-electron chi connectivity index (χ3n) is 8.98. The summed E-state index contributed by atoms with van der Waals surface area (Å²) in [6.45, 7) is 9.78. The smallest absolute Gasteiger partial charge is 0.407 e. The molecule has 2 atom stereocenters. The van der Waals surface area contributed by atoms with Crippen LogP contribution in [0.25, 0.3) is 5.52 Å². The first-order chi connectivity index (χ1) is 24.2. The summed E-state index contributed by atoms with van der Waals surface area (Å²) in [5.74, 6) is 0.758. The van der Waals surface area contributed by atoms with Gasteiger partial charge in [0, 0.05) is 48.5 Å². The topological polar surface area (TPSA) is 193 Å². The maximum absolute atomic E-state index is 13.4. The molecule has 0 bridgehead atoms. The van der Waals surface area contributed by atoms with Gasteiger partial charge in [-0.2, -0.15) is 10.2 Å². The highest BCUT2D eigenvalue weighted by Gasteiger charge is 2.40. The predicted molar refractivity (Wildman–Crippen MR) is 185 cm³/mol. The van der Waals surface area contributed by atoms with Gasteiger partial charge < -0.3 is 43.9 Å². The molecule has 16 nitrogen and oxygen atoms in total. The molecule has 3 aromatic heterocycles. The number of carbonyl (C=O) groups excluding carboxylic acids is 2. The van der Waals surface area contributed by atoms with Gasteiger partial charge in [0.15, 0.2) is 12.5 Å². The zero-order valence-electron chi connectivity index (χ0n) is 29.5. The lowest BCUT2D eigenvalue weighted by Gasteiger charge is -2.29. The fourth-order valence-corrected chi connectivity index (χ4v) is 6.74. The van der Waals surface area contributed by atoms with E-state index in [-0.39, 0.29) is 25.3 Å². The van der Waals surface area contributed by atoms with Gasteiger partial charge >= 0.3 is 20.7 Å². The number of rotatable bonds is 14. The first-order valence-electron chi connectivity index (χ1n) is 16.6. The standard InChI is InChI=1S/C34H44N7O9P/c1-20-11-21(2)30(27(12-20)50-51(44)45)33(3,4)16-29(42)48-19-41-28(36-31-25-13-22(17-46-6)38-40(25)10-9-35-31)15-24(39-41)26-14-23(18-47-26)49-32(43)37-34(5)7-8-34/h9-13,15,23,26,44-45H,7-8,14,16-19H2,1-6H3,(H,35,36)(H,37,43). The Morgan fingerprint density at radius 1 is 1.16 bits per heavy atom. The number of nitrogens with zero attached hydrogens (tertiary/aromatic N) is 5. The Balaban J connectivity index is 1.21. The number of anilines is 2. The van der Waals surface area contributed by atoms with Crippen molar-refractivity contribution in [1.82, 2.24) is 29.7 Å². The van der Waals surface area contributed by atoms with Gasteiger partial charge in [0.1, 0.15) is 29.3 Å². The molecule has 51 heavy (non-hydrogen) atoms. The number of esters is 1. The van der Waals surface area contributed by atoms with E-state index in [0.29, 0.717) is 47.2 Å². The van der Waals surface area contributed by atoms with Gasteiger partial charge in [0.2, 0.25) is 0 Å². The van der Waals surface area contributed by atoms with E-state index in [4.69, 9.17) is 28.6 Å². The number of alkyl carbamates (subject to hydrolysis) is 1. The highest BCUT2D eigenvalue weighted by Crippen LogP contribution is 2.42. The second-order valence-electron chi connectivity index (χ2n) is 14.0. The van der Waals surface area contributed by atoms with Gasteiger partial charge in [-0.25, -0.2) is 19.0 Å². The molecule has 274 valence electrons. The lowest BCUT2D eigenvalue weighted by atomic mass is 9.78. The molecule has 1 saturated heterocycles. The van der Waals surface area contributed by atoms with Crippen molar-refractivity contribution in [2.45, 2.75) is 96.8 Å². The number of carbonyl (C=O) groups is 2. The minimum absolute atomic E-state index is 0.0379. The molecule has 4 N–H and O–H groups in total. The number of nitrogens with one attached hydrogen (secondary N) is 2. The fraction of sp³-hybridized carbons (Fsp3) is 0.500. The van der Waals surface area contributed by atoms with E-state index in [1.165, 1.54) is 4.68 Å². The van der Waals surface area contributed by atoms with E-state index in [2.05, 4.69) is 20.7 Å². The lowest BCUT2D eigenvalue weighted by molar-refractivity contribution is -0.149. The molecule has 17 heteroatoms. The van der Waals surface area contributed by atoms with Crippen molar-refractivity contribution in [2.75, 3.05) is 19.0 Å². The summed E-state index contributed by atoms with van der Waals surface area (Å²) < 4.78 is 31.2. The predicted octanol–water partition coefficient (Wildman–Crippen LogP) is 5.00. The Morgan fingerprint density at radius 2 is 1.94 bits per heavy atom. The molecule has 2 fully saturated rings. The van der Waals surface area contributed by atoms with Gasteiger partial charge in [0.25, 0.3) is 0 Å². The summed E-state index contributed by atoms with van der Waals surface area (Å²) in [7, 11) is -1.06. The van der Waals surface area contributed by atoms with Crippen molar-refractivity contribution in [2.24, 2.45) is 0 Å². The Hall–Kier alpha value is -4.34. The van der Waals surface area contributed by atoms with Crippen LogP contribution in [0.4, 0.5) is 16.4 Å². The summed E-state index contributed by atoms with van der Waals surface area (Å²) in [5, 5.41) is 15.5. The number of hydrogen-bond acceptors (Lipinski definition) is 13. The van der Waals surface area contributed by atoms with E-state index in [1.54, 1.807) is 36.2 Å². The summed E-state index contributed by atoms with van der Waals surface area (Å²) >= 11 is 0. The van der Waals surface area contributed by atoms with E-state index in [0.717, 1.165) is 29.7 Å². The van der Waals surface area contributed by atoms with Crippen LogP contribution >= 0.6 is 8.60 Å². The van der Waals surface area contributed by atoms with E-state index in [1.807, 2.05) is 46.8 Å². The molecule has 4 aromatic rings. The Labute approximate surface area is 296 Å². The Kier molecular flexibility index (Phi) is 10.5. The summed E-state index contributed by atoms with van der Waals surface area (Å²) in [6, 6.07) is 7.31. The van der Waals surface area contributed by atoms with Crippen LogP contribution in [0.15, 0.2) is 36.7 Å². The summed E-state index contributed by atoms with van der Waals surface area (Å²) in [4.78, 5) is 49.6. The van der Waals surface area contributed by atoms with Crippen LogP contribution < -0.4 is 15.2 Å². The molecule has 1 aliphatic carbocycles. The second kappa shape index (κ2) is 14.7. The van der Waals surface area contributed by atoms with Gasteiger partial charge in [-0.3, -0.25) is 4.79 Å². The molecular formula is C34H44N7O9P. The van der Waals surface area contributed by atoms with Crippen LogP contribution in [0.3, 0.4) is 0 Å². The largest absolute Gasteiger partial charge is 0.444 e. The molecule has 1 amide bonds. The second-order valence-corrected chi connectivity index (χ2v) is 14.7. The zero-order valence-corrected chi connectivity index (χ0v) is 30.4. The molecular weight excluding hydrogens is 681 g/mol. The Morgan fingerprint density at radius 3 is 2.67 bits per heavy atom. The first-order valence-corrected chi connectivity index (χ1v) is 17.8. The maximum Gasteiger partial charge on any atom is 0.407 e. The zero-order chi connectivity index (χ0) is 36.5. The maximum atomic E-state index is 13.4. The van der Waals surface area contributed by atoms with Crippen molar-refractivity contribution < 1.29 is 42.8 Å². The number of amides is 1. The van der Waals surface area contributed by atoms with Crippen molar-refractivity contribution in [3.05, 3.63) is 64.7 Å². The van der Waals surface area contributed by atoms with Gasteiger partial charge in [-0.1, -0.05) is 19.9 Å². The fourth-order valence-electron chi connectivity index (χ4n) is 6.42. The highest BCUT2D eigenvalue weighted by atomic mass is 31.2. The van der Waals surface area contributed by atoms with Gasteiger partial charge in [-0.05, 0) is 56.9 Å². The van der Waals surface area contributed by atoms with Crippen LogP contribution in [0.5, 0.6) is 5.75 Å². The number of fused-ring (bicyclic) bond motifs is 1. The third-order valence-corrected chi connectivity index (χ3v) is 9.34. The molecule has 4 heterocycles. The van der Waals surface area contributed by atoms with Gasteiger partial charge in [0.05, 0.1) is 31.0 Å². The van der Waals surface area contributed by atoms with Gasteiger partial charge in [-0.15, -0.1) is 0 Å². The molecule has 0 spiro atoms. The third kappa shape index (κ3) is 8.76. The molecule has 6 rings (SSSR count). The molecule has 0 radical (unpaired) electrons. The Bertz CT molecular complexity index is 1910. The number of hydrogen-bond donors (Lipinski definition) is 4. The van der Waals surface area contributed by atoms with Crippen molar-refractivity contribution in [3.8, 4) is 5.75 Å². The number of benzene rings is 1.